The number of hydrogen-bond acceptors (Lipinski definition) is 4. The maximum absolute atomic E-state index is 12.7. The van der Waals surface area contributed by atoms with Crippen molar-refractivity contribution in [1.82, 2.24) is 14.8 Å². The molecule has 0 saturated heterocycles. The van der Waals surface area contributed by atoms with Gasteiger partial charge in [0.25, 0.3) is 5.91 Å². The van der Waals surface area contributed by atoms with Crippen molar-refractivity contribution >= 4 is 11.6 Å². The van der Waals surface area contributed by atoms with Crippen LogP contribution in [0.4, 0.5) is 18.9 Å². The number of amides is 1. The first-order chi connectivity index (χ1) is 15.3. The summed E-state index contributed by atoms with van der Waals surface area (Å²) in [6.45, 7) is 0. The zero-order chi connectivity index (χ0) is 22.7. The van der Waals surface area contributed by atoms with Crippen LogP contribution in [0.15, 0.2) is 79.3 Å². The molecule has 162 valence electrons. The quantitative estimate of drug-likeness (QED) is 0.444. The van der Waals surface area contributed by atoms with E-state index in [0.29, 0.717) is 22.9 Å². The number of aromatic nitrogens is 3. The van der Waals surface area contributed by atoms with Crippen molar-refractivity contribution in [3.8, 4) is 22.8 Å². The van der Waals surface area contributed by atoms with Crippen molar-refractivity contribution in [2.75, 3.05) is 5.32 Å². The third kappa shape index (κ3) is 4.94. The standard InChI is InChI=1S/C23H17F3N4O2/c1-30-14-16(13-28-30)21-12-20(9-10-27-21)32-19-4-2-3-18(11-19)29-22(31)15-5-7-17(8-6-15)23(24,25)26/h2-14H,1H3,(H,29,31). The summed E-state index contributed by atoms with van der Waals surface area (Å²) in [5.41, 5.74) is 1.28. The van der Waals surface area contributed by atoms with Crippen molar-refractivity contribution < 1.29 is 22.7 Å². The maximum atomic E-state index is 12.7. The Hall–Kier alpha value is -4.14. The van der Waals surface area contributed by atoms with Gasteiger partial charge in [-0.2, -0.15) is 18.3 Å². The second-order valence-electron chi connectivity index (χ2n) is 6.94. The van der Waals surface area contributed by atoms with Gasteiger partial charge in [0.15, 0.2) is 0 Å². The van der Waals surface area contributed by atoms with Crippen molar-refractivity contribution in [2.45, 2.75) is 6.18 Å². The van der Waals surface area contributed by atoms with E-state index in [2.05, 4.69) is 15.4 Å². The number of alkyl halides is 3. The van der Waals surface area contributed by atoms with Gasteiger partial charge in [-0.05, 0) is 42.5 Å². The van der Waals surface area contributed by atoms with E-state index < -0.39 is 17.6 Å². The highest BCUT2D eigenvalue weighted by atomic mass is 19.4. The number of benzene rings is 2. The third-order valence-electron chi connectivity index (χ3n) is 4.53. The van der Waals surface area contributed by atoms with E-state index in [1.807, 2.05) is 13.2 Å². The highest BCUT2D eigenvalue weighted by molar-refractivity contribution is 6.04. The third-order valence-corrected chi connectivity index (χ3v) is 4.53. The van der Waals surface area contributed by atoms with Gasteiger partial charge in [-0.15, -0.1) is 0 Å². The molecule has 0 aliphatic carbocycles. The molecule has 4 rings (SSSR count). The Morgan fingerprint density at radius 3 is 2.47 bits per heavy atom. The van der Waals surface area contributed by atoms with Crippen LogP contribution in [-0.2, 0) is 13.2 Å². The lowest BCUT2D eigenvalue weighted by atomic mass is 10.1. The van der Waals surface area contributed by atoms with Gasteiger partial charge >= 0.3 is 6.18 Å². The van der Waals surface area contributed by atoms with Crippen molar-refractivity contribution in [3.63, 3.8) is 0 Å². The molecule has 4 aromatic rings. The molecule has 0 bridgehead atoms. The van der Waals surface area contributed by atoms with Crippen LogP contribution in [0, 0.1) is 0 Å². The Morgan fingerprint density at radius 1 is 1.03 bits per heavy atom. The van der Waals surface area contributed by atoms with Crippen LogP contribution in [-0.4, -0.2) is 20.7 Å². The number of aryl methyl sites for hydroxylation is 1. The number of ether oxygens (including phenoxy) is 1. The monoisotopic (exact) mass is 438 g/mol. The summed E-state index contributed by atoms with van der Waals surface area (Å²) in [4.78, 5) is 16.7. The number of pyridine rings is 1. The Bertz CT molecular complexity index is 1250. The smallest absolute Gasteiger partial charge is 0.416 e. The molecule has 2 heterocycles. The molecule has 0 atom stereocenters. The van der Waals surface area contributed by atoms with Gasteiger partial charge in [0.05, 0.1) is 17.5 Å². The molecule has 0 spiro atoms. The SMILES string of the molecule is Cn1cc(-c2cc(Oc3cccc(NC(=O)c4ccc(C(F)(F)F)cc4)c3)ccn2)cn1. The number of halogens is 3. The van der Waals surface area contributed by atoms with Crippen molar-refractivity contribution in [3.05, 3.63) is 90.4 Å². The lowest BCUT2D eigenvalue weighted by Gasteiger charge is -2.10. The fraction of sp³-hybridized carbons (Fsp3) is 0.0870. The minimum Gasteiger partial charge on any atom is -0.457 e. The molecule has 0 unspecified atom stereocenters. The van der Waals surface area contributed by atoms with Crippen molar-refractivity contribution in [1.29, 1.82) is 0 Å². The van der Waals surface area contributed by atoms with E-state index in [-0.39, 0.29) is 5.56 Å². The summed E-state index contributed by atoms with van der Waals surface area (Å²) in [7, 11) is 1.81. The molecule has 2 aromatic carbocycles. The van der Waals surface area contributed by atoms with Gasteiger partial charge in [-0.3, -0.25) is 14.5 Å². The number of nitrogens with zero attached hydrogens (tertiary/aromatic N) is 3. The van der Waals surface area contributed by atoms with Crippen LogP contribution in [0.3, 0.4) is 0 Å². The average Bonchev–Trinajstić information content (AvgIpc) is 3.20. The first-order valence-electron chi connectivity index (χ1n) is 9.49. The molecular formula is C23H17F3N4O2. The molecule has 1 N–H and O–H groups in total. The first kappa shape index (κ1) is 21.1. The molecule has 0 radical (unpaired) electrons. The number of carbonyl (C=O) groups is 1. The van der Waals surface area contributed by atoms with Crippen LogP contribution in [0.25, 0.3) is 11.3 Å². The molecule has 32 heavy (non-hydrogen) atoms. The lowest BCUT2D eigenvalue weighted by Crippen LogP contribution is -2.12. The summed E-state index contributed by atoms with van der Waals surface area (Å²) in [5.74, 6) is 0.488. The van der Waals surface area contributed by atoms with E-state index in [4.69, 9.17) is 4.74 Å². The van der Waals surface area contributed by atoms with Crippen LogP contribution in [0.2, 0.25) is 0 Å². The minimum absolute atomic E-state index is 0.111. The molecule has 0 aliphatic rings. The number of carbonyl (C=O) groups excluding carboxylic acids is 1. The van der Waals surface area contributed by atoms with E-state index in [1.165, 1.54) is 0 Å². The predicted octanol–water partition coefficient (Wildman–Crippen LogP) is 5.55. The molecule has 2 aromatic heterocycles. The second-order valence-corrected chi connectivity index (χ2v) is 6.94. The molecule has 0 saturated carbocycles. The molecule has 0 fully saturated rings. The van der Waals surface area contributed by atoms with E-state index in [0.717, 1.165) is 29.8 Å². The minimum atomic E-state index is -4.45. The summed E-state index contributed by atoms with van der Waals surface area (Å²) in [6.07, 6.45) is 0.700. The van der Waals surface area contributed by atoms with Gasteiger partial charge in [-0.1, -0.05) is 6.07 Å². The van der Waals surface area contributed by atoms with E-state index in [9.17, 15) is 18.0 Å². The predicted molar refractivity (Wildman–Crippen MR) is 112 cm³/mol. The summed E-state index contributed by atoms with van der Waals surface area (Å²) in [6, 6.07) is 14.2. The van der Waals surface area contributed by atoms with Gasteiger partial charge < -0.3 is 10.1 Å². The van der Waals surface area contributed by atoms with Crippen molar-refractivity contribution in [2.24, 2.45) is 7.05 Å². The Labute approximate surface area is 181 Å². The fourth-order valence-corrected chi connectivity index (χ4v) is 2.97. The normalized spacial score (nSPS) is 11.2. The molecule has 9 heteroatoms. The van der Waals surface area contributed by atoms with Crippen LogP contribution in [0.5, 0.6) is 11.5 Å². The number of rotatable bonds is 5. The largest absolute Gasteiger partial charge is 0.457 e. The van der Waals surface area contributed by atoms with Gasteiger partial charge in [0.2, 0.25) is 0 Å². The first-order valence-corrected chi connectivity index (χ1v) is 9.49. The van der Waals surface area contributed by atoms with Gasteiger partial charge in [0.1, 0.15) is 11.5 Å². The molecule has 6 nitrogen and oxygen atoms in total. The lowest BCUT2D eigenvalue weighted by molar-refractivity contribution is -0.137. The highest BCUT2D eigenvalue weighted by Gasteiger charge is 2.30. The molecular weight excluding hydrogens is 421 g/mol. The zero-order valence-corrected chi connectivity index (χ0v) is 16.8. The summed E-state index contributed by atoms with van der Waals surface area (Å²) >= 11 is 0. The Balaban J connectivity index is 1.46. The summed E-state index contributed by atoms with van der Waals surface area (Å²) < 4.78 is 45.6. The van der Waals surface area contributed by atoms with E-state index >= 15 is 0 Å². The number of hydrogen-bond donors (Lipinski definition) is 1. The zero-order valence-electron chi connectivity index (χ0n) is 16.8. The maximum Gasteiger partial charge on any atom is 0.416 e. The van der Waals surface area contributed by atoms with Crippen LogP contribution in [0.1, 0.15) is 15.9 Å². The molecule has 0 aliphatic heterocycles. The Kier molecular flexibility index (Phi) is 5.63. The highest BCUT2D eigenvalue weighted by Crippen LogP contribution is 2.30. The number of anilines is 1. The van der Waals surface area contributed by atoms with Crippen LogP contribution >= 0.6 is 0 Å². The average molecular weight is 438 g/mol. The van der Waals surface area contributed by atoms with Crippen LogP contribution < -0.4 is 10.1 Å². The fourth-order valence-electron chi connectivity index (χ4n) is 2.97. The Morgan fingerprint density at radius 2 is 1.78 bits per heavy atom. The van der Waals surface area contributed by atoms with E-state index in [1.54, 1.807) is 53.5 Å². The second kappa shape index (κ2) is 8.54. The molecule has 1 amide bonds. The summed E-state index contributed by atoms with van der Waals surface area (Å²) in [5, 5.41) is 6.79. The number of nitrogens with one attached hydrogen (secondary N) is 1. The van der Waals surface area contributed by atoms with Gasteiger partial charge in [0, 0.05) is 48.4 Å². The van der Waals surface area contributed by atoms with Gasteiger partial charge in [-0.25, -0.2) is 0 Å². The topological polar surface area (TPSA) is 69.0 Å².